The predicted octanol–water partition coefficient (Wildman–Crippen LogP) is 8.07. The Morgan fingerprint density at radius 2 is 1.84 bits per heavy atom. The van der Waals surface area contributed by atoms with Gasteiger partial charge in [0.1, 0.15) is 5.75 Å². The highest BCUT2D eigenvalue weighted by atomic mass is 35.5. The van der Waals surface area contributed by atoms with Crippen molar-refractivity contribution < 1.29 is 4.74 Å². The molecule has 3 aromatic rings. The number of halogens is 2. The van der Waals surface area contributed by atoms with E-state index in [1.165, 1.54) is 38.2 Å². The molecule has 0 saturated carbocycles. The first kappa shape index (κ1) is 24.6. The Labute approximate surface area is 206 Å². The SMILES string of the molecule is CCCN(c1c(C)c(C)cc2ccccc12)N1CSC(C)=C1c1ccc(OC)cc1Cl.Cl. The third kappa shape index (κ3) is 4.41. The van der Waals surface area contributed by atoms with Gasteiger partial charge in [-0.1, -0.05) is 48.9 Å². The lowest BCUT2D eigenvalue weighted by molar-refractivity contribution is 0.413. The van der Waals surface area contributed by atoms with Crippen molar-refractivity contribution in [1.82, 2.24) is 5.01 Å². The van der Waals surface area contributed by atoms with Crippen molar-refractivity contribution in [3.05, 3.63) is 75.1 Å². The molecule has 0 spiro atoms. The molecule has 1 aliphatic rings. The molecule has 4 rings (SSSR count). The quantitative estimate of drug-likeness (QED) is 0.348. The summed E-state index contributed by atoms with van der Waals surface area (Å²) in [5, 5.41) is 8.14. The molecule has 3 aromatic carbocycles. The Morgan fingerprint density at radius 3 is 2.53 bits per heavy atom. The average molecular weight is 490 g/mol. The molecule has 1 aliphatic heterocycles. The van der Waals surface area contributed by atoms with E-state index in [2.05, 4.69) is 74.1 Å². The number of aryl methyl sites for hydroxylation is 1. The van der Waals surface area contributed by atoms with E-state index in [1.807, 2.05) is 23.9 Å². The van der Waals surface area contributed by atoms with Gasteiger partial charge in [0, 0.05) is 22.4 Å². The number of allylic oxidation sites excluding steroid dienone is 1. The smallest absolute Gasteiger partial charge is 0.120 e. The van der Waals surface area contributed by atoms with Crippen LogP contribution in [0.1, 0.15) is 37.0 Å². The first-order chi connectivity index (χ1) is 15.0. The van der Waals surface area contributed by atoms with Gasteiger partial charge in [-0.15, -0.1) is 24.2 Å². The molecule has 3 nitrogen and oxygen atoms in total. The third-order valence-electron chi connectivity index (χ3n) is 5.95. The number of fused-ring (bicyclic) bond motifs is 1. The van der Waals surface area contributed by atoms with Gasteiger partial charge in [0.25, 0.3) is 0 Å². The van der Waals surface area contributed by atoms with Gasteiger partial charge in [-0.3, -0.25) is 10.0 Å². The number of hydrogen-bond donors (Lipinski definition) is 0. The van der Waals surface area contributed by atoms with Crippen LogP contribution in [0.5, 0.6) is 5.75 Å². The lowest BCUT2D eigenvalue weighted by atomic mass is 9.99. The summed E-state index contributed by atoms with van der Waals surface area (Å²) in [7, 11) is 1.67. The van der Waals surface area contributed by atoms with Crippen molar-refractivity contribution in [3.63, 3.8) is 0 Å². The van der Waals surface area contributed by atoms with Crippen LogP contribution in [0.3, 0.4) is 0 Å². The normalized spacial score (nSPS) is 13.5. The van der Waals surface area contributed by atoms with E-state index in [-0.39, 0.29) is 12.4 Å². The van der Waals surface area contributed by atoms with E-state index in [9.17, 15) is 0 Å². The van der Waals surface area contributed by atoms with Crippen molar-refractivity contribution in [2.24, 2.45) is 0 Å². The maximum atomic E-state index is 6.73. The van der Waals surface area contributed by atoms with Crippen molar-refractivity contribution in [2.45, 2.75) is 34.1 Å². The molecule has 0 fully saturated rings. The third-order valence-corrected chi connectivity index (χ3v) is 7.26. The van der Waals surface area contributed by atoms with Crippen molar-refractivity contribution >= 4 is 57.9 Å². The molecule has 0 radical (unpaired) electrons. The standard InChI is InChI=1S/C26H29ClN2OS.ClH/c1-6-13-28(25-18(3)17(2)14-20-9-7-8-10-22(20)25)29-16-31-19(4)26(29)23-12-11-21(30-5)15-24(23)27;/h7-12,14-15H,6,13,16H2,1-5H3;1H. The van der Waals surface area contributed by atoms with Gasteiger partial charge in [0.15, 0.2) is 0 Å². The largest absolute Gasteiger partial charge is 0.497 e. The lowest BCUT2D eigenvalue weighted by Gasteiger charge is -2.39. The first-order valence-corrected chi connectivity index (χ1v) is 12.0. The second-order valence-electron chi connectivity index (χ2n) is 7.93. The maximum absolute atomic E-state index is 6.73. The summed E-state index contributed by atoms with van der Waals surface area (Å²) in [5.74, 6) is 1.64. The van der Waals surface area contributed by atoms with E-state index >= 15 is 0 Å². The minimum Gasteiger partial charge on any atom is -0.497 e. The molecular formula is C26H30Cl2N2OS. The van der Waals surface area contributed by atoms with Crippen molar-refractivity contribution in [2.75, 3.05) is 24.5 Å². The molecule has 0 saturated heterocycles. The Morgan fingerprint density at radius 1 is 1.09 bits per heavy atom. The molecule has 0 aliphatic carbocycles. The maximum Gasteiger partial charge on any atom is 0.120 e. The van der Waals surface area contributed by atoms with Crippen molar-refractivity contribution in [1.29, 1.82) is 0 Å². The van der Waals surface area contributed by atoms with Gasteiger partial charge in [0.2, 0.25) is 0 Å². The zero-order chi connectivity index (χ0) is 22.1. The van der Waals surface area contributed by atoms with Crippen LogP contribution < -0.4 is 9.75 Å². The van der Waals surface area contributed by atoms with Gasteiger partial charge >= 0.3 is 0 Å². The number of methoxy groups -OCH3 is 1. The fourth-order valence-electron chi connectivity index (χ4n) is 4.27. The van der Waals surface area contributed by atoms with Gasteiger partial charge in [-0.25, -0.2) is 0 Å². The molecule has 32 heavy (non-hydrogen) atoms. The summed E-state index contributed by atoms with van der Waals surface area (Å²) in [6, 6.07) is 16.9. The highest BCUT2D eigenvalue weighted by Gasteiger charge is 2.30. The number of benzene rings is 3. The Kier molecular flexibility index (Phi) is 7.92. The Balaban J connectivity index is 0.00000289. The summed E-state index contributed by atoms with van der Waals surface area (Å²) in [6.07, 6.45) is 1.05. The molecular weight excluding hydrogens is 459 g/mol. The number of thioether (sulfide) groups is 1. The average Bonchev–Trinajstić information content (AvgIpc) is 3.14. The molecule has 0 N–H and O–H groups in total. The van der Waals surface area contributed by atoms with Crippen LogP contribution in [0.2, 0.25) is 5.02 Å². The molecule has 0 unspecified atom stereocenters. The van der Waals surface area contributed by atoms with Crippen LogP contribution in [0.4, 0.5) is 5.69 Å². The summed E-state index contributed by atoms with van der Waals surface area (Å²) in [6.45, 7) is 9.79. The van der Waals surface area contributed by atoms with Gasteiger partial charge in [-0.05, 0) is 61.9 Å². The van der Waals surface area contributed by atoms with E-state index in [4.69, 9.17) is 16.3 Å². The minimum absolute atomic E-state index is 0. The number of ether oxygens (including phenoxy) is 1. The van der Waals surface area contributed by atoms with E-state index < -0.39 is 0 Å². The number of hydrazine groups is 1. The van der Waals surface area contributed by atoms with Crippen LogP contribution in [-0.2, 0) is 0 Å². The zero-order valence-electron chi connectivity index (χ0n) is 19.2. The summed E-state index contributed by atoms with van der Waals surface area (Å²) in [4.78, 5) is 1.28. The molecule has 0 aromatic heterocycles. The van der Waals surface area contributed by atoms with Crippen LogP contribution in [-0.4, -0.2) is 24.5 Å². The van der Waals surface area contributed by atoms with E-state index in [1.54, 1.807) is 7.11 Å². The lowest BCUT2D eigenvalue weighted by Crippen LogP contribution is -2.41. The van der Waals surface area contributed by atoms with Gasteiger partial charge in [0.05, 0.1) is 29.4 Å². The number of hydrogen-bond acceptors (Lipinski definition) is 4. The second-order valence-corrected chi connectivity index (χ2v) is 9.50. The van der Waals surface area contributed by atoms with E-state index in [0.717, 1.165) is 30.2 Å². The summed E-state index contributed by atoms with van der Waals surface area (Å²) >= 11 is 8.59. The highest BCUT2D eigenvalue weighted by Crippen LogP contribution is 2.45. The van der Waals surface area contributed by atoms with Gasteiger partial charge < -0.3 is 4.74 Å². The van der Waals surface area contributed by atoms with Crippen LogP contribution in [0.15, 0.2) is 53.4 Å². The molecule has 0 amide bonds. The monoisotopic (exact) mass is 488 g/mol. The van der Waals surface area contributed by atoms with Crippen LogP contribution in [0, 0.1) is 13.8 Å². The molecule has 0 atom stereocenters. The van der Waals surface area contributed by atoms with E-state index in [0.29, 0.717) is 5.02 Å². The predicted molar refractivity (Wildman–Crippen MR) is 143 cm³/mol. The molecule has 6 heteroatoms. The number of nitrogens with zero attached hydrogens (tertiary/aromatic N) is 2. The second kappa shape index (κ2) is 10.3. The highest BCUT2D eigenvalue weighted by molar-refractivity contribution is 8.03. The van der Waals surface area contributed by atoms with Crippen molar-refractivity contribution in [3.8, 4) is 5.75 Å². The molecule has 0 bridgehead atoms. The van der Waals surface area contributed by atoms with Crippen LogP contribution in [0.25, 0.3) is 16.5 Å². The number of rotatable bonds is 6. The zero-order valence-corrected chi connectivity index (χ0v) is 21.6. The van der Waals surface area contributed by atoms with Gasteiger partial charge in [-0.2, -0.15) is 0 Å². The topological polar surface area (TPSA) is 15.7 Å². The fraction of sp³-hybridized carbons (Fsp3) is 0.308. The first-order valence-electron chi connectivity index (χ1n) is 10.7. The number of anilines is 1. The molecule has 170 valence electrons. The molecule has 1 heterocycles. The van der Waals surface area contributed by atoms with Crippen LogP contribution >= 0.6 is 35.8 Å². The fourth-order valence-corrected chi connectivity index (χ4v) is 5.47. The summed E-state index contributed by atoms with van der Waals surface area (Å²) < 4.78 is 5.37. The Hall–Kier alpha value is -2.01. The Bertz CT molecular complexity index is 1160. The minimum atomic E-state index is 0. The summed E-state index contributed by atoms with van der Waals surface area (Å²) in [5.41, 5.74) is 6.14.